The Morgan fingerprint density at radius 2 is 2.11 bits per heavy atom. The minimum atomic E-state index is 0.0379. The fraction of sp³-hybridized carbons (Fsp3) is 0.429. The number of hydrogen-bond acceptors (Lipinski definition) is 5. The quantitative estimate of drug-likeness (QED) is 0.427. The van der Waals surface area contributed by atoms with E-state index in [0.717, 1.165) is 52.5 Å². The number of methoxy groups -OCH3 is 1. The molecule has 0 aliphatic heterocycles. The Morgan fingerprint density at radius 3 is 2.89 bits per heavy atom. The first-order valence-corrected chi connectivity index (χ1v) is 11.2. The number of benzene rings is 1. The first-order chi connectivity index (χ1) is 13.1. The van der Waals surface area contributed by atoms with E-state index in [1.54, 1.807) is 34.8 Å². The van der Waals surface area contributed by atoms with Crippen LogP contribution in [0.15, 0.2) is 34.2 Å². The molecule has 0 fully saturated rings. The number of hydrogen-bond donors (Lipinski definition) is 0. The lowest BCUT2D eigenvalue weighted by atomic mass is 10.2. The maximum atomic E-state index is 13.6. The molecule has 0 spiro atoms. The number of thioether (sulfide) groups is 1. The average Bonchev–Trinajstić information content (AvgIpc) is 3.22. The van der Waals surface area contributed by atoms with Gasteiger partial charge >= 0.3 is 0 Å². The van der Waals surface area contributed by atoms with Crippen LogP contribution in [0.3, 0.4) is 0 Å². The van der Waals surface area contributed by atoms with Gasteiger partial charge < -0.3 is 4.74 Å². The smallest absolute Gasteiger partial charge is 0.267 e. The molecule has 1 aliphatic carbocycles. The number of aryl methyl sites for hydroxylation is 2. The maximum absolute atomic E-state index is 13.6. The Morgan fingerprint density at radius 1 is 1.30 bits per heavy atom. The highest BCUT2D eigenvalue weighted by atomic mass is 32.2. The van der Waals surface area contributed by atoms with Gasteiger partial charge in [0.1, 0.15) is 10.6 Å². The van der Waals surface area contributed by atoms with Crippen LogP contribution in [0.4, 0.5) is 0 Å². The highest BCUT2D eigenvalue weighted by Crippen LogP contribution is 2.37. The van der Waals surface area contributed by atoms with Gasteiger partial charge in [-0.1, -0.05) is 37.7 Å². The Bertz CT molecular complexity index is 1040. The molecule has 2 aromatic heterocycles. The molecule has 0 atom stereocenters. The van der Waals surface area contributed by atoms with Gasteiger partial charge in [0.2, 0.25) is 0 Å². The van der Waals surface area contributed by atoms with Gasteiger partial charge in [0, 0.05) is 10.6 Å². The lowest BCUT2D eigenvalue weighted by Gasteiger charge is -2.15. The number of ether oxygens (including phenoxy) is 1. The van der Waals surface area contributed by atoms with Gasteiger partial charge in [-0.05, 0) is 49.3 Å². The van der Waals surface area contributed by atoms with Crippen molar-refractivity contribution in [1.29, 1.82) is 0 Å². The van der Waals surface area contributed by atoms with Crippen LogP contribution in [-0.4, -0.2) is 22.4 Å². The van der Waals surface area contributed by atoms with Gasteiger partial charge in [-0.15, -0.1) is 11.3 Å². The van der Waals surface area contributed by atoms with Gasteiger partial charge in [-0.3, -0.25) is 9.36 Å². The minimum Gasteiger partial charge on any atom is -0.495 e. The van der Waals surface area contributed by atoms with E-state index in [1.165, 1.54) is 10.4 Å². The SMILES string of the molecule is COc1ccccc1-n1c(SCCC(C)C)nc2sc3c(c2c1=O)CCC3. The van der Waals surface area contributed by atoms with Crippen LogP contribution < -0.4 is 10.3 Å². The summed E-state index contributed by atoms with van der Waals surface area (Å²) in [5.41, 5.74) is 2.02. The van der Waals surface area contributed by atoms with Crippen LogP contribution >= 0.6 is 23.1 Å². The molecule has 2 heterocycles. The Balaban J connectivity index is 1.92. The van der Waals surface area contributed by atoms with E-state index in [1.807, 2.05) is 24.3 Å². The molecule has 0 unspecified atom stereocenters. The van der Waals surface area contributed by atoms with Crippen LogP contribution in [0.25, 0.3) is 15.9 Å². The lowest BCUT2D eigenvalue weighted by molar-refractivity contribution is 0.411. The van der Waals surface area contributed by atoms with Crippen molar-refractivity contribution in [2.75, 3.05) is 12.9 Å². The van der Waals surface area contributed by atoms with Crippen molar-refractivity contribution in [3.8, 4) is 11.4 Å². The molecule has 1 aromatic carbocycles. The van der Waals surface area contributed by atoms with Crippen molar-refractivity contribution < 1.29 is 4.74 Å². The van der Waals surface area contributed by atoms with Gasteiger partial charge in [-0.2, -0.15) is 0 Å². The van der Waals surface area contributed by atoms with Gasteiger partial charge in [0.15, 0.2) is 5.16 Å². The summed E-state index contributed by atoms with van der Waals surface area (Å²) in [6, 6.07) is 7.70. The highest BCUT2D eigenvalue weighted by Gasteiger charge is 2.24. The fourth-order valence-corrected chi connectivity index (χ4v) is 6.08. The highest BCUT2D eigenvalue weighted by molar-refractivity contribution is 7.99. The van der Waals surface area contributed by atoms with E-state index in [0.29, 0.717) is 11.7 Å². The summed E-state index contributed by atoms with van der Waals surface area (Å²) < 4.78 is 7.31. The zero-order valence-electron chi connectivity index (χ0n) is 15.9. The van der Waals surface area contributed by atoms with E-state index in [-0.39, 0.29) is 5.56 Å². The monoisotopic (exact) mass is 400 g/mol. The second kappa shape index (κ2) is 7.68. The average molecular weight is 401 g/mol. The number of thiophene rings is 1. The summed E-state index contributed by atoms with van der Waals surface area (Å²) in [5.74, 6) is 2.26. The molecule has 0 amide bonds. The molecule has 1 aliphatic rings. The van der Waals surface area contributed by atoms with Crippen molar-refractivity contribution in [2.45, 2.75) is 44.7 Å². The first kappa shape index (κ1) is 18.6. The molecular weight excluding hydrogens is 376 g/mol. The topological polar surface area (TPSA) is 44.1 Å². The molecule has 3 aromatic rings. The standard InChI is InChI=1S/C21H24N2O2S2/c1-13(2)11-12-26-21-22-19-18(14-7-6-10-17(14)27-19)20(24)23(21)15-8-4-5-9-16(15)25-3/h4-5,8-9,13H,6-7,10-12H2,1-3H3. The van der Waals surface area contributed by atoms with E-state index >= 15 is 0 Å². The van der Waals surface area contributed by atoms with Crippen LogP contribution in [0.2, 0.25) is 0 Å². The molecule has 142 valence electrons. The maximum Gasteiger partial charge on any atom is 0.267 e. The summed E-state index contributed by atoms with van der Waals surface area (Å²) >= 11 is 3.36. The van der Waals surface area contributed by atoms with Gasteiger partial charge in [-0.25, -0.2) is 4.98 Å². The number of aromatic nitrogens is 2. The van der Waals surface area contributed by atoms with Crippen molar-refractivity contribution in [2.24, 2.45) is 5.92 Å². The fourth-order valence-electron chi connectivity index (χ4n) is 3.53. The largest absolute Gasteiger partial charge is 0.495 e. The summed E-state index contributed by atoms with van der Waals surface area (Å²) in [6.45, 7) is 4.43. The van der Waals surface area contributed by atoms with Gasteiger partial charge in [0.05, 0.1) is 18.2 Å². The van der Waals surface area contributed by atoms with Crippen molar-refractivity contribution in [1.82, 2.24) is 9.55 Å². The Kier molecular flexibility index (Phi) is 5.28. The van der Waals surface area contributed by atoms with Crippen LogP contribution in [0, 0.1) is 5.92 Å². The van der Waals surface area contributed by atoms with E-state index in [9.17, 15) is 4.79 Å². The molecule has 0 radical (unpaired) electrons. The zero-order chi connectivity index (χ0) is 19.0. The normalized spacial score (nSPS) is 13.5. The Hall–Kier alpha value is -1.79. The second-order valence-electron chi connectivity index (χ2n) is 7.28. The lowest BCUT2D eigenvalue weighted by Crippen LogP contribution is -2.22. The van der Waals surface area contributed by atoms with E-state index in [4.69, 9.17) is 9.72 Å². The van der Waals surface area contributed by atoms with Crippen LogP contribution in [0.1, 0.15) is 37.1 Å². The molecule has 4 nitrogen and oxygen atoms in total. The molecule has 0 saturated heterocycles. The number of para-hydroxylation sites is 2. The zero-order valence-corrected chi connectivity index (χ0v) is 17.6. The third-order valence-corrected chi connectivity index (χ3v) is 7.12. The Labute approximate surface area is 167 Å². The molecular formula is C21H24N2O2S2. The molecule has 6 heteroatoms. The summed E-state index contributed by atoms with van der Waals surface area (Å²) in [4.78, 5) is 20.8. The second-order valence-corrected chi connectivity index (χ2v) is 9.42. The van der Waals surface area contributed by atoms with Crippen molar-refractivity contribution in [3.05, 3.63) is 45.1 Å². The summed E-state index contributed by atoms with van der Waals surface area (Å²) in [7, 11) is 1.64. The predicted molar refractivity (Wildman–Crippen MR) is 114 cm³/mol. The van der Waals surface area contributed by atoms with Gasteiger partial charge in [0.25, 0.3) is 5.56 Å². The molecule has 0 N–H and O–H groups in total. The molecule has 0 saturated carbocycles. The molecule has 4 rings (SSSR count). The van der Waals surface area contributed by atoms with Crippen molar-refractivity contribution >= 4 is 33.3 Å². The van der Waals surface area contributed by atoms with E-state index < -0.39 is 0 Å². The van der Waals surface area contributed by atoms with Crippen molar-refractivity contribution in [3.63, 3.8) is 0 Å². The number of nitrogens with zero attached hydrogens (tertiary/aromatic N) is 2. The summed E-state index contributed by atoms with van der Waals surface area (Å²) in [5, 5.41) is 1.57. The predicted octanol–water partition coefficient (Wildman–Crippen LogP) is 5.08. The molecule has 0 bridgehead atoms. The first-order valence-electron chi connectivity index (χ1n) is 9.43. The number of rotatable bonds is 6. The number of fused-ring (bicyclic) bond motifs is 3. The summed E-state index contributed by atoms with van der Waals surface area (Å²) in [6.07, 6.45) is 4.28. The van der Waals surface area contributed by atoms with E-state index in [2.05, 4.69) is 13.8 Å². The molecule has 27 heavy (non-hydrogen) atoms. The van der Waals surface area contributed by atoms with Crippen LogP contribution in [-0.2, 0) is 12.8 Å². The third-order valence-electron chi connectivity index (χ3n) is 4.96. The third kappa shape index (κ3) is 3.41. The van der Waals surface area contributed by atoms with Crippen LogP contribution in [0.5, 0.6) is 5.75 Å². The minimum absolute atomic E-state index is 0.0379.